The van der Waals surface area contributed by atoms with E-state index in [0.29, 0.717) is 5.56 Å². The monoisotopic (exact) mass is 625 g/mol. The van der Waals surface area contributed by atoms with Crippen LogP contribution in [0.25, 0.3) is 77.2 Å². The summed E-state index contributed by atoms with van der Waals surface area (Å²) >= 11 is 0. The van der Waals surface area contributed by atoms with Gasteiger partial charge in [-0.25, -0.2) is 0 Å². The Morgan fingerprint density at radius 3 is 1.78 bits per heavy atom. The average molecular weight is 626 g/mol. The van der Waals surface area contributed by atoms with Gasteiger partial charge in [0, 0.05) is 32.6 Å². The Morgan fingerprint density at radius 2 is 1.06 bits per heavy atom. The Hall–Kier alpha value is -6.37. The Labute approximate surface area is 284 Å². The van der Waals surface area contributed by atoms with Gasteiger partial charge in [0.25, 0.3) is 0 Å². The largest absolute Gasteiger partial charge is 0.309 e. The first kappa shape index (κ1) is 27.7. The molecular formula is C46H31N3. The molecule has 7 aromatic carbocycles. The molecule has 0 bridgehead atoms. The van der Waals surface area contributed by atoms with Crippen molar-refractivity contribution in [2.75, 3.05) is 0 Å². The van der Waals surface area contributed by atoms with E-state index >= 15 is 0 Å². The lowest BCUT2D eigenvalue weighted by Gasteiger charge is -2.25. The van der Waals surface area contributed by atoms with E-state index in [-0.39, 0.29) is 5.41 Å². The van der Waals surface area contributed by atoms with Gasteiger partial charge < -0.3 is 9.13 Å². The lowest BCUT2D eigenvalue weighted by molar-refractivity contribution is 0.656. The molecule has 9 aromatic rings. The van der Waals surface area contributed by atoms with Crippen LogP contribution >= 0.6 is 0 Å². The van der Waals surface area contributed by atoms with Gasteiger partial charge in [-0.15, -0.1) is 0 Å². The predicted molar refractivity (Wildman–Crippen MR) is 203 cm³/mol. The van der Waals surface area contributed by atoms with Gasteiger partial charge in [0.1, 0.15) is 0 Å². The molecule has 0 fully saturated rings. The fraction of sp³-hybridized carbons (Fsp3) is 0.0652. The van der Waals surface area contributed by atoms with E-state index in [1.807, 2.05) is 18.2 Å². The summed E-state index contributed by atoms with van der Waals surface area (Å²) in [5, 5.41) is 14.5. The van der Waals surface area contributed by atoms with Crippen LogP contribution in [0.2, 0.25) is 0 Å². The van der Waals surface area contributed by atoms with Crippen LogP contribution < -0.4 is 0 Å². The fourth-order valence-electron chi connectivity index (χ4n) is 8.56. The van der Waals surface area contributed by atoms with Gasteiger partial charge in [-0.2, -0.15) is 5.26 Å². The molecule has 230 valence electrons. The highest BCUT2D eigenvalue weighted by molar-refractivity contribution is 6.13. The molecule has 0 aliphatic heterocycles. The lowest BCUT2D eigenvalue weighted by Crippen LogP contribution is -2.17. The van der Waals surface area contributed by atoms with Crippen molar-refractivity contribution in [2.45, 2.75) is 19.3 Å². The number of nitriles is 1. The number of hydrogen-bond donors (Lipinski definition) is 0. The normalized spacial score (nSPS) is 13.2. The number of fused-ring (bicyclic) bond motifs is 9. The van der Waals surface area contributed by atoms with Gasteiger partial charge in [-0.3, -0.25) is 0 Å². The quantitative estimate of drug-likeness (QED) is 0.192. The van der Waals surface area contributed by atoms with Crippen LogP contribution in [0.15, 0.2) is 152 Å². The molecule has 0 atom stereocenters. The topological polar surface area (TPSA) is 33.6 Å². The third kappa shape index (κ3) is 3.83. The zero-order valence-electron chi connectivity index (χ0n) is 27.3. The molecule has 1 aliphatic carbocycles. The third-order valence-electron chi connectivity index (χ3n) is 10.7. The van der Waals surface area contributed by atoms with E-state index in [9.17, 15) is 5.26 Å². The summed E-state index contributed by atoms with van der Waals surface area (Å²) in [5.74, 6) is 0. The van der Waals surface area contributed by atoms with Crippen molar-refractivity contribution >= 4 is 43.6 Å². The maximum absolute atomic E-state index is 9.60. The number of aromatic nitrogens is 2. The zero-order chi connectivity index (χ0) is 32.9. The minimum Gasteiger partial charge on any atom is -0.309 e. The smallest absolute Gasteiger partial charge is 0.0992 e. The van der Waals surface area contributed by atoms with E-state index < -0.39 is 0 Å². The van der Waals surface area contributed by atoms with Gasteiger partial charge in [0.05, 0.1) is 39.4 Å². The van der Waals surface area contributed by atoms with E-state index in [0.717, 1.165) is 16.7 Å². The first-order valence-electron chi connectivity index (χ1n) is 16.8. The lowest BCUT2D eigenvalue weighted by atomic mass is 9.81. The van der Waals surface area contributed by atoms with Gasteiger partial charge in [0.15, 0.2) is 0 Å². The molecule has 2 heterocycles. The molecule has 0 saturated carbocycles. The minimum atomic E-state index is -0.120. The molecule has 0 radical (unpaired) electrons. The number of benzene rings is 7. The fourth-order valence-corrected chi connectivity index (χ4v) is 8.56. The zero-order valence-corrected chi connectivity index (χ0v) is 27.3. The highest BCUT2D eigenvalue weighted by atomic mass is 15.0. The summed E-state index contributed by atoms with van der Waals surface area (Å²) in [6, 6.07) is 56.9. The van der Waals surface area contributed by atoms with Gasteiger partial charge in [-0.05, 0) is 94.0 Å². The summed E-state index contributed by atoms with van der Waals surface area (Å²) in [4.78, 5) is 0. The third-order valence-corrected chi connectivity index (χ3v) is 10.7. The summed E-state index contributed by atoms with van der Waals surface area (Å²) in [6.07, 6.45) is 0. The van der Waals surface area contributed by atoms with Crippen molar-refractivity contribution in [3.63, 3.8) is 0 Å². The van der Waals surface area contributed by atoms with Gasteiger partial charge in [-0.1, -0.05) is 105 Å². The predicted octanol–water partition coefficient (Wildman–Crippen LogP) is 11.7. The van der Waals surface area contributed by atoms with E-state index in [4.69, 9.17) is 0 Å². The molecule has 3 heteroatoms. The van der Waals surface area contributed by atoms with Crippen LogP contribution in [0, 0.1) is 11.3 Å². The van der Waals surface area contributed by atoms with Crippen molar-refractivity contribution < 1.29 is 0 Å². The highest BCUT2D eigenvalue weighted by Crippen LogP contribution is 2.51. The first-order valence-corrected chi connectivity index (χ1v) is 16.8. The maximum Gasteiger partial charge on any atom is 0.0992 e. The van der Waals surface area contributed by atoms with Crippen LogP contribution in [0.3, 0.4) is 0 Å². The van der Waals surface area contributed by atoms with Crippen LogP contribution in [0.5, 0.6) is 0 Å². The average Bonchev–Trinajstić information content (AvgIpc) is 3.74. The number of hydrogen-bond acceptors (Lipinski definition) is 1. The van der Waals surface area contributed by atoms with Crippen molar-refractivity contribution in [2.24, 2.45) is 0 Å². The van der Waals surface area contributed by atoms with E-state index in [1.54, 1.807) is 0 Å². The molecule has 3 nitrogen and oxygen atoms in total. The molecule has 49 heavy (non-hydrogen) atoms. The van der Waals surface area contributed by atoms with Crippen LogP contribution in [-0.2, 0) is 5.41 Å². The molecule has 10 rings (SSSR count). The second-order valence-electron chi connectivity index (χ2n) is 13.7. The summed E-state index contributed by atoms with van der Waals surface area (Å²) in [5.41, 5.74) is 15.2. The number of nitrogens with zero attached hydrogens (tertiary/aromatic N) is 3. The number of rotatable bonds is 3. The molecular weight excluding hydrogens is 595 g/mol. The number of para-hydroxylation sites is 2. The van der Waals surface area contributed by atoms with Gasteiger partial charge in [0.2, 0.25) is 0 Å². The molecule has 0 unspecified atom stereocenters. The SMILES string of the molecule is CC1(C)c2ccccc2-c2cccc(-n3c4ccccc4c4cc(-c5ccc6c(c5)c5ccccc5n6-c5cccc(C#N)c5)ccc43)c21. The Bertz CT molecular complexity index is 2870. The minimum absolute atomic E-state index is 0.120. The summed E-state index contributed by atoms with van der Waals surface area (Å²) < 4.78 is 4.75. The van der Waals surface area contributed by atoms with Crippen molar-refractivity contribution in [1.29, 1.82) is 5.26 Å². The van der Waals surface area contributed by atoms with Crippen LogP contribution in [0.1, 0.15) is 30.5 Å². The highest BCUT2D eigenvalue weighted by Gasteiger charge is 2.38. The molecule has 1 aliphatic rings. The first-order chi connectivity index (χ1) is 24.0. The van der Waals surface area contributed by atoms with E-state index in [1.165, 1.54) is 71.6 Å². The Morgan fingerprint density at radius 1 is 0.490 bits per heavy atom. The Kier molecular flexibility index (Phi) is 5.69. The molecule has 0 saturated heterocycles. The molecule has 0 N–H and O–H groups in total. The van der Waals surface area contributed by atoms with Crippen molar-refractivity contribution in [1.82, 2.24) is 9.13 Å². The Balaban J connectivity index is 1.18. The molecule has 0 amide bonds. The van der Waals surface area contributed by atoms with Crippen molar-refractivity contribution in [3.05, 3.63) is 168 Å². The van der Waals surface area contributed by atoms with Crippen LogP contribution in [0.4, 0.5) is 0 Å². The molecule has 2 aromatic heterocycles. The second kappa shape index (κ2) is 10.1. The van der Waals surface area contributed by atoms with Crippen LogP contribution in [-0.4, -0.2) is 9.13 Å². The van der Waals surface area contributed by atoms with Gasteiger partial charge >= 0.3 is 0 Å². The second-order valence-corrected chi connectivity index (χ2v) is 13.7. The maximum atomic E-state index is 9.60. The van der Waals surface area contributed by atoms with Crippen molar-refractivity contribution in [3.8, 4) is 39.7 Å². The van der Waals surface area contributed by atoms with E-state index in [2.05, 4.69) is 163 Å². The molecule has 0 spiro atoms. The summed E-state index contributed by atoms with van der Waals surface area (Å²) in [7, 11) is 0. The standard InChI is InChI=1S/C46H31N3/c1-46(2)39-17-6-3-13-33(39)36-16-10-20-44(45(36)46)49-41-19-8-5-15-35(41)38-27-31(22-24-43(38)49)30-21-23-42-37(26-30)34-14-4-7-18-40(34)48(42)32-12-9-11-29(25-32)28-47/h3-27H,1-2H3. The summed E-state index contributed by atoms with van der Waals surface area (Å²) in [6.45, 7) is 4.72.